The first-order valence-corrected chi connectivity index (χ1v) is 6.51. The molecule has 1 aromatic carbocycles. The Labute approximate surface area is 118 Å². The lowest BCUT2D eigenvalue weighted by atomic mass is 10.1. The van der Waals surface area contributed by atoms with Crippen LogP contribution in [0.5, 0.6) is 0 Å². The van der Waals surface area contributed by atoms with Crippen LogP contribution in [0.2, 0.25) is 0 Å². The molecule has 0 bridgehead atoms. The standard InChI is InChI=1S/C14H9BrN2O2/c15-11-3-1-2-10-12(11)17(14(19)13(10)18)8-9-4-6-16-7-5-9/h1-7H,8H2. The SMILES string of the molecule is O=C1C(=O)N(Cc2ccncc2)c2c(Br)cccc21. The molecule has 0 unspecified atom stereocenters. The number of carbonyl (C=O) groups is 2. The van der Waals surface area contributed by atoms with Gasteiger partial charge in [-0.25, -0.2) is 0 Å². The van der Waals surface area contributed by atoms with Gasteiger partial charge < -0.3 is 0 Å². The molecular formula is C14H9BrN2O2. The van der Waals surface area contributed by atoms with Crippen LogP contribution in [-0.4, -0.2) is 16.7 Å². The fourth-order valence-electron chi connectivity index (χ4n) is 2.13. The number of ketones is 1. The van der Waals surface area contributed by atoms with E-state index in [9.17, 15) is 9.59 Å². The molecule has 0 saturated carbocycles. The van der Waals surface area contributed by atoms with Gasteiger partial charge in [-0.05, 0) is 45.8 Å². The van der Waals surface area contributed by atoms with Gasteiger partial charge in [-0.15, -0.1) is 0 Å². The highest BCUT2D eigenvalue weighted by Gasteiger charge is 2.36. The molecule has 0 radical (unpaired) electrons. The molecule has 0 spiro atoms. The predicted molar refractivity (Wildman–Crippen MR) is 73.9 cm³/mol. The maximum Gasteiger partial charge on any atom is 0.299 e. The highest BCUT2D eigenvalue weighted by molar-refractivity contribution is 9.10. The van der Waals surface area contributed by atoms with Gasteiger partial charge in [0.05, 0.1) is 17.8 Å². The molecule has 2 heterocycles. The molecular weight excluding hydrogens is 308 g/mol. The van der Waals surface area contributed by atoms with E-state index in [1.807, 2.05) is 18.2 Å². The van der Waals surface area contributed by atoms with Crippen molar-refractivity contribution in [3.63, 3.8) is 0 Å². The molecule has 0 aliphatic carbocycles. The number of anilines is 1. The molecule has 1 aliphatic rings. The smallest absolute Gasteiger partial charge is 0.299 e. The van der Waals surface area contributed by atoms with E-state index in [0.29, 0.717) is 17.8 Å². The lowest BCUT2D eigenvalue weighted by Crippen LogP contribution is -2.29. The topological polar surface area (TPSA) is 50.3 Å². The van der Waals surface area contributed by atoms with Crippen molar-refractivity contribution in [2.45, 2.75) is 6.54 Å². The Hall–Kier alpha value is -2.01. The summed E-state index contributed by atoms with van der Waals surface area (Å²) >= 11 is 3.40. The van der Waals surface area contributed by atoms with E-state index in [0.717, 1.165) is 10.0 Å². The van der Waals surface area contributed by atoms with Gasteiger partial charge >= 0.3 is 0 Å². The Morgan fingerprint density at radius 3 is 2.58 bits per heavy atom. The maximum absolute atomic E-state index is 12.1. The molecule has 0 atom stereocenters. The van der Waals surface area contributed by atoms with Gasteiger partial charge in [-0.1, -0.05) is 6.07 Å². The monoisotopic (exact) mass is 316 g/mol. The number of aromatic nitrogens is 1. The Morgan fingerprint density at radius 2 is 1.84 bits per heavy atom. The quantitative estimate of drug-likeness (QED) is 0.800. The number of fused-ring (bicyclic) bond motifs is 1. The second kappa shape index (κ2) is 4.59. The zero-order valence-corrected chi connectivity index (χ0v) is 11.4. The molecule has 19 heavy (non-hydrogen) atoms. The number of halogens is 1. The summed E-state index contributed by atoms with van der Waals surface area (Å²) < 4.78 is 0.748. The molecule has 2 aromatic rings. The summed E-state index contributed by atoms with van der Waals surface area (Å²) in [7, 11) is 0. The van der Waals surface area contributed by atoms with Gasteiger partial charge in [0.15, 0.2) is 0 Å². The van der Waals surface area contributed by atoms with E-state index in [4.69, 9.17) is 0 Å². The number of Topliss-reactive ketones (excluding diaryl/α,β-unsaturated/α-hetero) is 1. The first kappa shape index (κ1) is 12.0. The van der Waals surface area contributed by atoms with Crippen molar-refractivity contribution in [2.24, 2.45) is 0 Å². The van der Waals surface area contributed by atoms with E-state index < -0.39 is 11.7 Å². The molecule has 4 nitrogen and oxygen atoms in total. The van der Waals surface area contributed by atoms with Crippen molar-refractivity contribution >= 4 is 33.3 Å². The van der Waals surface area contributed by atoms with Crippen LogP contribution in [0, 0.1) is 0 Å². The van der Waals surface area contributed by atoms with Gasteiger partial charge in [-0.3, -0.25) is 19.5 Å². The number of benzene rings is 1. The van der Waals surface area contributed by atoms with E-state index in [1.54, 1.807) is 24.5 Å². The number of pyridine rings is 1. The second-order valence-electron chi connectivity index (χ2n) is 4.21. The third kappa shape index (κ3) is 1.96. The van der Waals surface area contributed by atoms with Crippen LogP contribution in [0.4, 0.5) is 5.69 Å². The summed E-state index contributed by atoms with van der Waals surface area (Å²) in [6.07, 6.45) is 3.33. The fourth-order valence-corrected chi connectivity index (χ4v) is 2.71. The Kier molecular flexibility index (Phi) is 2.91. The average molecular weight is 317 g/mol. The summed E-state index contributed by atoms with van der Waals surface area (Å²) in [5, 5.41) is 0. The first-order valence-electron chi connectivity index (χ1n) is 5.72. The summed E-state index contributed by atoms with van der Waals surface area (Å²) in [6.45, 7) is 0.364. The average Bonchev–Trinajstić information content (AvgIpc) is 2.67. The van der Waals surface area contributed by atoms with E-state index in [-0.39, 0.29) is 0 Å². The molecule has 5 heteroatoms. The van der Waals surface area contributed by atoms with Crippen molar-refractivity contribution in [1.29, 1.82) is 0 Å². The van der Waals surface area contributed by atoms with Crippen LogP contribution in [0.25, 0.3) is 0 Å². The second-order valence-corrected chi connectivity index (χ2v) is 5.07. The minimum atomic E-state index is -0.487. The van der Waals surface area contributed by atoms with Gasteiger partial charge in [0.25, 0.3) is 11.7 Å². The maximum atomic E-state index is 12.1. The molecule has 1 aromatic heterocycles. The highest BCUT2D eigenvalue weighted by Crippen LogP contribution is 2.36. The molecule has 3 rings (SSSR count). The molecule has 94 valence electrons. The molecule has 1 aliphatic heterocycles. The van der Waals surface area contributed by atoms with Gasteiger partial charge in [0.2, 0.25) is 0 Å². The van der Waals surface area contributed by atoms with Crippen LogP contribution in [-0.2, 0) is 11.3 Å². The minimum Gasteiger partial charge on any atom is -0.299 e. The lowest BCUT2D eigenvalue weighted by Gasteiger charge is -2.17. The van der Waals surface area contributed by atoms with Crippen LogP contribution in [0.3, 0.4) is 0 Å². The highest BCUT2D eigenvalue weighted by atomic mass is 79.9. The fraction of sp³-hybridized carbons (Fsp3) is 0.0714. The number of carbonyl (C=O) groups excluding carboxylic acids is 2. The van der Waals surface area contributed by atoms with Crippen molar-refractivity contribution < 1.29 is 9.59 Å². The Bertz CT molecular complexity index is 670. The Balaban J connectivity index is 2.04. The first-order chi connectivity index (χ1) is 9.18. The zero-order chi connectivity index (χ0) is 13.4. The van der Waals surface area contributed by atoms with Crippen molar-refractivity contribution in [3.05, 3.63) is 58.3 Å². The third-order valence-corrected chi connectivity index (χ3v) is 3.67. The van der Waals surface area contributed by atoms with E-state index in [2.05, 4.69) is 20.9 Å². The molecule has 0 saturated heterocycles. The summed E-state index contributed by atoms with van der Waals surface area (Å²) in [5.74, 6) is -0.941. The number of para-hydroxylation sites is 1. The van der Waals surface area contributed by atoms with Crippen molar-refractivity contribution in [2.75, 3.05) is 4.90 Å². The van der Waals surface area contributed by atoms with Gasteiger partial charge in [0, 0.05) is 16.9 Å². The van der Waals surface area contributed by atoms with E-state index in [1.165, 1.54) is 4.90 Å². The number of amides is 1. The van der Waals surface area contributed by atoms with Crippen molar-refractivity contribution in [1.82, 2.24) is 4.98 Å². The summed E-state index contributed by atoms with van der Waals surface area (Å²) in [5.41, 5.74) is 2.03. The zero-order valence-electron chi connectivity index (χ0n) is 9.84. The van der Waals surface area contributed by atoms with Gasteiger partial charge in [0.1, 0.15) is 0 Å². The van der Waals surface area contributed by atoms with Crippen LogP contribution >= 0.6 is 15.9 Å². The van der Waals surface area contributed by atoms with Gasteiger partial charge in [-0.2, -0.15) is 0 Å². The van der Waals surface area contributed by atoms with Crippen LogP contribution in [0.1, 0.15) is 15.9 Å². The number of hydrogen-bond donors (Lipinski definition) is 0. The molecule has 0 fully saturated rings. The predicted octanol–water partition coefficient (Wildman–Crippen LogP) is 2.57. The Morgan fingerprint density at radius 1 is 1.11 bits per heavy atom. The van der Waals surface area contributed by atoms with E-state index >= 15 is 0 Å². The summed E-state index contributed by atoms with van der Waals surface area (Å²) in [4.78, 5) is 29.4. The minimum absolute atomic E-state index is 0.364. The lowest BCUT2D eigenvalue weighted by molar-refractivity contribution is -0.114. The number of rotatable bonds is 2. The normalized spacial score (nSPS) is 13.8. The van der Waals surface area contributed by atoms with Crippen LogP contribution < -0.4 is 4.90 Å². The largest absolute Gasteiger partial charge is 0.299 e. The molecule has 1 amide bonds. The number of hydrogen-bond acceptors (Lipinski definition) is 3. The van der Waals surface area contributed by atoms with Crippen molar-refractivity contribution in [3.8, 4) is 0 Å². The number of nitrogens with zero attached hydrogens (tertiary/aromatic N) is 2. The third-order valence-electron chi connectivity index (χ3n) is 3.03. The molecule has 0 N–H and O–H groups in total. The summed E-state index contributed by atoms with van der Waals surface area (Å²) in [6, 6.07) is 8.90. The van der Waals surface area contributed by atoms with Crippen LogP contribution in [0.15, 0.2) is 47.2 Å².